The van der Waals surface area contributed by atoms with E-state index in [9.17, 15) is 21.6 Å². The van der Waals surface area contributed by atoms with Crippen LogP contribution in [0.1, 0.15) is 23.3 Å². The molecule has 4 rings (SSSR count). The van der Waals surface area contributed by atoms with Crippen LogP contribution >= 0.6 is 0 Å². The highest BCUT2D eigenvalue weighted by Gasteiger charge is 2.30. The molecule has 1 amide bonds. The maximum absolute atomic E-state index is 13.4. The van der Waals surface area contributed by atoms with Gasteiger partial charge < -0.3 is 4.90 Å². The lowest BCUT2D eigenvalue weighted by Crippen LogP contribution is -2.31. The van der Waals surface area contributed by atoms with Crippen molar-refractivity contribution in [2.45, 2.75) is 22.6 Å². The van der Waals surface area contributed by atoms with Gasteiger partial charge in [0.2, 0.25) is 0 Å². The average Bonchev–Trinajstić information content (AvgIpc) is 3.35. The van der Waals surface area contributed by atoms with Crippen molar-refractivity contribution < 1.29 is 21.6 Å². The molecular formula is C20H20N2O5S2. The zero-order chi connectivity index (χ0) is 20.8. The smallest absolute Gasteiger partial charge is 0.271 e. The standard InChI is InChI=1S/C20H20N2O5S2/c1-28(24,25)17-9-10-18-15(13-17)14-19(20(23)21-11-5-6-12-21)22(18)29(26,27)16-7-3-2-4-8-16/h2-4,7-10,13-14H,5-6,11-12H2,1H3. The van der Waals surface area contributed by atoms with Gasteiger partial charge in [-0.15, -0.1) is 0 Å². The van der Waals surface area contributed by atoms with Crippen LogP contribution in [-0.4, -0.2) is 51.0 Å². The minimum Gasteiger partial charge on any atom is -0.337 e. The van der Waals surface area contributed by atoms with Crippen LogP contribution in [0.2, 0.25) is 0 Å². The maximum atomic E-state index is 13.4. The minimum atomic E-state index is -4.06. The monoisotopic (exact) mass is 432 g/mol. The van der Waals surface area contributed by atoms with Gasteiger partial charge in [-0.25, -0.2) is 20.8 Å². The molecule has 29 heavy (non-hydrogen) atoms. The quantitative estimate of drug-likeness (QED) is 0.632. The highest BCUT2D eigenvalue weighted by Crippen LogP contribution is 2.29. The Balaban J connectivity index is 1.99. The van der Waals surface area contributed by atoms with E-state index in [0.717, 1.165) is 23.1 Å². The number of nitrogens with zero attached hydrogens (tertiary/aromatic N) is 2. The Hall–Kier alpha value is -2.65. The van der Waals surface area contributed by atoms with E-state index in [1.165, 1.54) is 36.4 Å². The molecule has 0 unspecified atom stereocenters. The number of hydrogen-bond donors (Lipinski definition) is 0. The topological polar surface area (TPSA) is 93.5 Å². The second kappa shape index (κ2) is 7.00. The third-order valence-electron chi connectivity index (χ3n) is 5.05. The van der Waals surface area contributed by atoms with E-state index in [2.05, 4.69) is 0 Å². The van der Waals surface area contributed by atoms with Crippen molar-refractivity contribution in [3.8, 4) is 0 Å². The van der Waals surface area contributed by atoms with Crippen molar-refractivity contribution in [1.29, 1.82) is 0 Å². The van der Waals surface area contributed by atoms with Crippen molar-refractivity contribution in [2.24, 2.45) is 0 Å². The Labute approximate surface area is 169 Å². The number of carbonyl (C=O) groups excluding carboxylic acids is 1. The normalized spacial score (nSPS) is 15.1. The number of likely N-dealkylation sites (tertiary alicyclic amines) is 1. The number of carbonyl (C=O) groups is 1. The molecule has 1 saturated heterocycles. The van der Waals surface area contributed by atoms with Crippen LogP contribution in [-0.2, 0) is 19.9 Å². The number of amides is 1. The molecular weight excluding hydrogens is 412 g/mol. The van der Waals surface area contributed by atoms with E-state index in [4.69, 9.17) is 0 Å². The lowest BCUT2D eigenvalue weighted by atomic mass is 10.2. The predicted molar refractivity (Wildman–Crippen MR) is 109 cm³/mol. The molecule has 7 nitrogen and oxygen atoms in total. The van der Waals surface area contributed by atoms with Crippen LogP contribution in [0.15, 0.2) is 64.4 Å². The second-order valence-corrected chi connectivity index (χ2v) is 10.9. The summed E-state index contributed by atoms with van der Waals surface area (Å²) in [5.74, 6) is -0.376. The Morgan fingerprint density at radius 1 is 0.862 bits per heavy atom. The third-order valence-corrected chi connectivity index (χ3v) is 7.90. The van der Waals surface area contributed by atoms with Crippen LogP contribution in [0.3, 0.4) is 0 Å². The van der Waals surface area contributed by atoms with Crippen molar-refractivity contribution in [2.75, 3.05) is 19.3 Å². The molecule has 0 N–H and O–H groups in total. The summed E-state index contributed by atoms with van der Waals surface area (Å²) in [5, 5.41) is 0.384. The van der Waals surface area contributed by atoms with Gasteiger partial charge in [0.05, 0.1) is 15.3 Å². The molecule has 1 fully saturated rings. The first-order valence-corrected chi connectivity index (χ1v) is 12.5. The van der Waals surface area contributed by atoms with E-state index < -0.39 is 19.9 Å². The van der Waals surface area contributed by atoms with Crippen molar-refractivity contribution in [1.82, 2.24) is 8.87 Å². The summed E-state index contributed by atoms with van der Waals surface area (Å²) < 4.78 is 51.7. The number of aromatic nitrogens is 1. The maximum Gasteiger partial charge on any atom is 0.271 e. The van der Waals surface area contributed by atoms with Gasteiger partial charge in [0.1, 0.15) is 5.69 Å². The fourth-order valence-electron chi connectivity index (χ4n) is 3.59. The average molecular weight is 433 g/mol. The van der Waals surface area contributed by atoms with Crippen LogP contribution in [0.5, 0.6) is 0 Å². The molecule has 9 heteroatoms. The number of fused-ring (bicyclic) bond motifs is 1. The van der Waals surface area contributed by atoms with E-state index in [1.54, 1.807) is 23.1 Å². The van der Waals surface area contributed by atoms with Gasteiger partial charge in [0.25, 0.3) is 15.9 Å². The molecule has 1 aliphatic heterocycles. The summed E-state index contributed by atoms with van der Waals surface area (Å²) in [6, 6.07) is 13.5. The molecule has 0 spiro atoms. The summed E-state index contributed by atoms with van der Waals surface area (Å²) in [5.41, 5.74) is 0.278. The summed E-state index contributed by atoms with van der Waals surface area (Å²) in [4.78, 5) is 14.9. The van der Waals surface area contributed by atoms with Crippen LogP contribution < -0.4 is 0 Å². The first kappa shape index (κ1) is 19.7. The molecule has 3 aromatic rings. The zero-order valence-electron chi connectivity index (χ0n) is 15.8. The molecule has 2 aromatic carbocycles. The lowest BCUT2D eigenvalue weighted by molar-refractivity contribution is 0.0786. The molecule has 152 valence electrons. The van der Waals surface area contributed by atoms with E-state index in [1.807, 2.05) is 0 Å². The highest BCUT2D eigenvalue weighted by atomic mass is 32.2. The first-order valence-electron chi connectivity index (χ1n) is 9.15. The molecule has 1 aliphatic rings. The lowest BCUT2D eigenvalue weighted by Gasteiger charge is -2.17. The van der Waals surface area contributed by atoms with Crippen molar-refractivity contribution in [3.05, 3.63) is 60.3 Å². The van der Waals surface area contributed by atoms with Crippen LogP contribution in [0.25, 0.3) is 10.9 Å². The van der Waals surface area contributed by atoms with Gasteiger partial charge in [-0.2, -0.15) is 0 Å². The predicted octanol–water partition coefficient (Wildman–Crippen LogP) is 2.52. The van der Waals surface area contributed by atoms with Crippen LogP contribution in [0.4, 0.5) is 0 Å². The summed E-state index contributed by atoms with van der Waals surface area (Å²) in [7, 11) is -7.53. The Kier molecular flexibility index (Phi) is 4.74. The Bertz CT molecular complexity index is 1300. The van der Waals surface area contributed by atoms with Gasteiger partial charge in [-0.1, -0.05) is 18.2 Å². The second-order valence-electron chi connectivity index (χ2n) is 7.10. The van der Waals surface area contributed by atoms with Crippen molar-refractivity contribution in [3.63, 3.8) is 0 Å². The molecule has 0 bridgehead atoms. The van der Waals surface area contributed by atoms with E-state index >= 15 is 0 Å². The van der Waals surface area contributed by atoms with E-state index in [0.29, 0.717) is 18.5 Å². The van der Waals surface area contributed by atoms with E-state index in [-0.39, 0.29) is 26.9 Å². The first-order chi connectivity index (χ1) is 13.7. The SMILES string of the molecule is CS(=O)(=O)c1ccc2c(c1)cc(C(=O)N1CCCC1)n2S(=O)(=O)c1ccccc1. The number of sulfone groups is 1. The van der Waals surface area contributed by atoms with Gasteiger partial charge in [-0.3, -0.25) is 4.79 Å². The summed E-state index contributed by atoms with van der Waals surface area (Å²) >= 11 is 0. The van der Waals surface area contributed by atoms with Gasteiger partial charge >= 0.3 is 0 Å². The van der Waals surface area contributed by atoms with Crippen LogP contribution in [0, 0.1) is 0 Å². The molecule has 0 atom stereocenters. The Morgan fingerprint density at radius 2 is 1.52 bits per heavy atom. The molecule has 1 aromatic heterocycles. The molecule has 0 saturated carbocycles. The number of benzene rings is 2. The van der Waals surface area contributed by atoms with Gasteiger partial charge in [-0.05, 0) is 49.2 Å². The molecule has 0 aliphatic carbocycles. The summed E-state index contributed by atoms with van der Waals surface area (Å²) in [6.07, 6.45) is 2.83. The highest BCUT2D eigenvalue weighted by molar-refractivity contribution is 7.90. The fourth-order valence-corrected chi connectivity index (χ4v) is 5.77. The van der Waals surface area contributed by atoms with Crippen molar-refractivity contribution >= 4 is 36.7 Å². The Morgan fingerprint density at radius 3 is 2.14 bits per heavy atom. The fraction of sp³-hybridized carbons (Fsp3) is 0.250. The number of rotatable bonds is 4. The van der Waals surface area contributed by atoms with Gasteiger partial charge in [0, 0.05) is 24.7 Å². The molecule has 0 radical (unpaired) electrons. The minimum absolute atomic E-state index is 0.0106. The largest absolute Gasteiger partial charge is 0.337 e. The summed E-state index contributed by atoms with van der Waals surface area (Å²) in [6.45, 7) is 1.14. The van der Waals surface area contributed by atoms with Gasteiger partial charge in [0.15, 0.2) is 9.84 Å². The molecule has 2 heterocycles. The number of hydrogen-bond acceptors (Lipinski definition) is 5. The zero-order valence-corrected chi connectivity index (χ0v) is 17.4. The third kappa shape index (κ3) is 3.44.